The molecule has 28 heavy (non-hydrogen) atoms. The summed E-state index contributed by atoms with van der Waals surface area (Å²) in [6, 6.07) is 6.52. The summed E-state index contributed by atoms with van der Waals surface area (Å²) in [6.45, 7) is 2.46. The molecule has 0 saturated carbocycles. The Labute approximate surface area is 160 Å². The minimum atomic E-state index is -0.790. The van der Waals surface area contributed by atoms with Crippen LogP contribution in [-0.2, 0) is 19.1 Å². The maximum atomic E-state index is 12.3. The molecule has 1 N–H and O–H groups in total. The van der Waals surface area contributed by atoms with Crippen LogP contribution in [0.1, 0.15) is 30.3 Å². The fourth-order valence-electron chi connectivity index (χ4n) is 3.18. The lowest BCUT2D eigenvalue weighted by Crippen LogP contribution is -2.42. The summed E-state index contributed by atoms with van der Waals surface area (Å²) in [5, 5.41) is 6.69. The molecule has 3 rings (SSSR count). The largest absolute Gasteiger partial charge is 0.466 e. The Hall–Kier alpha value is -3.23. The standard InChI is InChI=1S/C19H21N3O6/c1-2-27-18(25)12-7-9-22(10-8-12)15(23)11-28-19(26)16-13-5-3-4-6-14(13)17(24)21-20-16/h3-6,12H,2,7-11H2,1H3,(H,21,24). The van der Waals surface area contributed by atoms with Crippen LogP contribution >= 0.6 is 0 Å². The molecule has 9 nitrogen and oxygen atoms in total. The van der Waals surface area contributed by atoms with E-state index in [1.165, 1.54) is 0 Å². The van der Waals surface area contributed by atoms with Gasteiger partial charge in [0.2, 0.25) is 0 Å². The van der Waals surface area contributed by atoms with Crippen molar-refractivity contribution in [1.82, 2.24) is 15.1 Å². The van der Waals surface area contributed by atoms with Crippen LogP contribution in [0.2, 0.25) is 0 Å². The SMILES string of the molecule is CCOC(=O)C1CCN(C(=O)COC(=O)c2n[nH]c(=O)c3ccccc23)CC1. The molecule has 1 amide bonds. The normalized spacial score (nSPS) is 14.7. The summed E-state index contributed by atoms with van der Waals surface area (Å²) in [4.78, 5) is 49.7. The summed E-state index contributed by atoms with van der Waals surface area (Å²) in [5.74, 6) is -1.58. The topological polar surface area (TPSA) is 119 Å². The minimum absolute atomic E-state index is 0.0518. The first-order valence-corrected chi connectivity index (χ1v) is 9.10. The van der Waals surface area contributed by atoms with E-state index in [0.717, 1.165) is 0 Å². The molecule has 1 fully saturated rings. The fourth-order valence-corrected chi connectivity index (χ4v) is 3.18. The van der Waals surface area contributed by atoms with Crippen molar-refractivity contribution < 1.29 is 23.9 Å². The highest BCUT2D eigenvalue weighted by Gasteiger charge is 2.28. The molecular weight excluding hydrogens is 366 g/mol. The second-order valence-corrected chi connectivity index (χ2v) is 6.43. The number of rotatable bonds is 5. The number of nitrogens with one attached hydrogen (secondary N) is 1. The first-order chi connectivity index (χ1) is 13.5. The van der Waals surface area contributed by atoms with E-state index in [4.69, 9.17) is 9.47 Å². The third-order valence-corrected chi connectivity index (χ3v) is 4.68. The lowest BCUT2D eigenvalue weighted by molar-refractivity contribution is -0.151. The van der Waals surface area contributed by atoms with Gasteiger partial charge in [-0.2, -0.15) is 5.10 Å². The molecule has 1 aliphatic heterocycles. The lowest BCUT2D eigenvalue weighted by Gasteiger charge is -2.30. The van der Waals surface area contributed by atoms with E-state index in [2.05, 4.69) is 10.2 Å². The van der Waals surface area contributed by atoms with Crippen molar-refractivity contribution in [3.05, 3.63) is 40.3 Å². The van der Waals surface area contributed by atoms with Gasteiger partial charge >= 0.3 is 11.9 Å². The molecule has 2 heterocycles. The van der Waals surface area contributed by atoms with Crippen LogP contribution in [-0.4, -0.2) is 59.2 Å². The van der Waals surface area contributed by atoms with E-state index >= 15 is 0 Å². The molecule has 0 radical (unpaired) electrons. The molecule has 9 heteroatoms. The number of hydrogen-bond donors (Lipinski definition) is 1. The van der Waals surface area contributed by atoms with Crippen molar-refractivity contribution in [3.8, 4) is 0 Å². The Balaban J connectivity index is 1.57. The van der Waals surface area contributed by atoms with E-state index in [1.54, 1.807) is 36.1 Å². The molecule has 0 aliphatic carbocycles. The maximum Gasteiger partial charge on any atom is 0.359 e. The molecule has 0 unspecified atom stereocenters. The van der Waals surface area contributed by atoms with Crippen molar-refractivity contribution in [2.24, 2.45) is 5.92 Å². The minimum Gasteiger partial charge on any atom is -0.466 e. The summed E-state index contributed by atoms with van der Waals surface area (Å²) in [5.41, 5.74) is -0.461. The summed E-state index contributed by atoms with van der Waals surface area (Å²) < 4.78 is 10.1. The van der Waals surface area contributed by atoms with Gasteiger partial charge in [0.1, 0.15) is 0 Å². The first kappa shape index (κ1) is 19.5. The Kier molecular flexibility index (Phi) is 6.03. The Morgan fingerprint density at radius 3 is 2.50 bits per heavy atom. The number of piperidine rings is 1. The van der Waals surface area contributed by atoms with Crippen molar-refractivity contribution in [2.45, 2.75) is 19.8 Å². The first-order valence-electron chi connectivity index (χ1n) is 9.10. The van der Waals surface area contributed by atoms with Crippen LogP contribution in [0, 0.1) is 5.92 Å². The predicted molar refractivity (Wildman–Crippen MR) is 98.6 cm³/mol. The highest BCUT2D eigenvalue weighted by Crippen LogP contribution is 2.19. The van der Waals surface area contributed by atoms with Crippen molar-refractivity contribution in [2.75, 3.05) is 26.3 Å². The van der Waals surface area contributed by atoms with Gasteiger partial charge in [0.05, 0.1) is 17.9 Å². The van der Waals surface area contributed by atoms with Gasteiger partial charge in [-0.25, -0.2) is 9.89 Å². The number of amides is 1. The average molecular weight is 387 g/mol. The van der Waals surface area contributed by atoms with Gasteiger partial charge < -0.3 is 14.4 Å². The zero-order chi connectivity index (χ0) is 20.1. The molecule has 0 atom stereocenters. The molecule has 1 aromatic heterocycles. The number of fused-ring (bicyclic) bond motifs is 1. The average Bonchev–Trinajstić information content (AvgIpc) is 2.72. The Bertz CT molecular complexity index is 946. The third kappa shape index (κ3) is 4.19. The Morgan fingerprint density at radius 1 is 1.14 bits per heavy atom. The fraction of sp³-hybridized carbons (Fsp3) is 0.421. The van der Waals surface area contributed by atoms with E-state index in [9.17, 15) is 19.2 Å². The van der Waals surface area contributed by atoms with Gasteiger partial charge in [0, 0.05) is 18.5 Å². The van der Waals surface area contributed by atoms with E-state index in [-0.39, 0.29) is 23.5 Å². The van der Waals surface area contributed by atoms with Crippen LogP contribution in [0.15, 0.2) is 29.1 Å². The summed E-state index contributed by atoms with van der Waals surface area (Å²) in [6.07, 6.45) is 1.04. The molecule has 2 aromatic rings. The van der Waals surface area contributed by atoms with Crippen molar-refractivity contribution >= 4 is 28.6 Å². The highest BCUT2D eigenvalue weighted by molar-refractivity contribution is 6.02. The number of carbonyl (C=O) groups is 3. The van der Waals surface area contributed by atoms with Gasteiger partial charge in [-0.05, 0) is 25.8 Å². The number of benzene rings is 1. The van der Waals surface area contributed by atoms with Gasteiger partial charge in [0.15, 0.2) is 12.3 Å². The number of hydrogen-bond acceptors (Lipinski definition) is 7. The zero-order valence-corrected chi connectivity index (χ0v) is 15.5. The number of carbonyl (C=O) groups excluding carboxylic acids is 3. The quantitative estimate of drug-likeness (QED) is 0.757. The molecule has 0 spiro atoms. The molecular formula is C19H21N3O6. The smallest absolute Gasteiger partial charge is 0.359 e. The van der Waals surface area contributed by atoms with Gasteiger partial charge in [-0.1, -0.05) is 18.2 Å². The number of likely N-dealkylation sites (tertiary alicyclic amines) is 1. The van der Waals surface area contributed by atoms with Crippen LogP contribution in [0.25, 0.3) is 10.8 Å². The molecule has 1 saturated heterocycles. The highest BCUT2D eigenvalue weighted by atomic mass is 16.5. The van der Waals surface area contributed by atoms with Gasteiger partial charge in [-0.3, -0.25) is 14.4 Å². The van der Waals surface area contributed by atoms with Gasteiger partial charge in [0.25, 0.3) is 11.5 Å². The molecule has 148 valence electrons. The molecule has 1 aliphatic rings. The zero-order valence-electron chi connectivity index (χ0n) is 15.5. The number of ether oxygens (including phenoxy) is 2. The number of aromatic nitrogens is 2. The number of nitrogens with zero attached hydrogens (tertiary/aromatic N) is 2. The van der Waals surface area contributed by atoms with Crippen molar-refractivity contribution in [3.63, 3.8) is 0 Å². The second kappa shape index (κ2) is 8.64. The van der Waals surface area contributed by atoms with Crippen LogP contribution < -0.4 is 5.56 Å². The van der Waals surface area contributed by atoms with E-state index in [1.807, 2.05) is 0 Å². The number of H-pyrrole nitrogens is 1. The number of aromatic amines is 1. The monoisotopic (exact) mass is 387 g/mol. The number of esters is 2. The van der Waals surface area contributed by atoms with Crippen molar-refractivity contribution in [1.29, 1.82) is 0 Å². The van der Waals surface area contributed by atoms with Crippen LogP contribution in [0.4, 0.5) is 0 Å². The lowest BCUT2D eigenvalue weighted by atomic mass is 9.97. The van der Waals surface area contributed by atoms with Crippen LogP contribution in [0.5, 0.6) is 0 Å². The third-order valence-electron chi connectivity index (χ3n) is 4.68. The molecule has 1 aromatic carbocycles. The van der Waals surface area contributed by atoms with Crippen LogP contribution in [0.3, 0.4) is 0 Å². The Morgan fingerprint density at radius 2 is 1.82 bits per heavy atom. The summed E-state index contributed by atoms with van der Waals surface area (Å²) in [7, 11) is 0. The molecule has 0 bridgehead atoms. The van der Waals surface area contributed by atoms with Gasteiger partial charge in [-0.15, -0.1) is 0 Å². The van der Waals surface area contributed by atoms with E-state index < -0.39 is 18.1 Å². The second-order valence-electron chi connectivity index (χ2n) is 6.43. The maximum absolute atomic E-state index is 12.3. The van der Waals surface area contributed by atoms with E-state index in [0.29, 0.717) is 43.3 Å². The predicted octanol–water partition coefficient (Wildman–Crippen LogP) is 0.882. The summed E-state index contributed by atoms with van der Waals surface area (Å²) >= 11 is 0.